The molecule has 0 unspecified atom stereocenters. The van der Waals surface area contributed by atoms with Gasteiger partial charge in [-0.15, -0.1) is 0 Å². The van der Waals surface area contributed by atoms with E-state index in [2.05, 4.69) is 10.2 Å². The van der Waals surface area contributed by atoms with Gasteiger partial charge in [0.25, 0.3) is 0 Å². The molecule has 2 aromatic heterocycles. The van der Waals surface area contributed by atoms with E-state index >= 15 is 0 Å². The smallest absolute Gasteiger partial charge is 0.399 e. The molecule has 0 amide bonds. The molecule has 0 bridgehead atoms. The van der Waals surface area contributed by atoms with Crippen molar-refractivity contribution in [2.75, 3.05) is 26.4 Å². The minimum absolute atomic E-state index is 0.370. The highest BCUT2D eigenvalue weighted by Crippen LogP contribution is 2.38. The summed E-state index contributed by atoms with van der Waals surface area (Å²) in [5, 5.41) is 30.3. The van der Waals surface area contributed by atoms with Crippen molar-refractivity contribution < 1.29 is 38.3 Å². The number of hydrogen-bond acceptors (Lipinski definition) is 10. The molecule has 4 aliphatic rings. The van der Waals surface area contributed by atoms with E-state index in [0.29, 0.717) is 65.2 Å². The maximum Gasteiger partial charge on any atom is 0.498 e. The van der Waals surface area contributed by atoms with Gasteiger partial charge in [0, 0.05) is 81.1 Å². The molecule has 0 spiro atoms. The fraction of sp³-hybridized carbons (Fsp3) is 0.812. The Kier molecular flexibility index (Phi) is 9.73. The van der Waals surface area contributed by atoms with Crippen LogP contribution in [0.5, 0.6) is 0 Å². The van der Waals surface area contributed by atoms with Gasteiger partial charge >= 0.3 is 14.2 Å². The Bertz CT molecular complexity index is 1300. The van der Waals surface area contributed by atoms with Gasteiger partial charge < -0.3 is 38.3 Å². The van der Waals surface area contributed by atoms with Crippen LogP contribution in [0.4, 0.5) is 0 Å². The van der Waals surface area contributed by atoms with Crippen LogP contribution in [-0.2, 0) is 41.2 Å². The van der Waals surface area contributed by atoms with Gasteiger partial charge in [0.05, 0.1) is 52.4 Å². The molecule has 12 nitrogen and oxygen atoms in total. The average Bonchev–Trinajstić information content (AvgIpc) is 3.60. The summed E-state index contributed by atoms with van der Waals surface area (Å²) in [5.41, 5.74) is 0.736. The molecule has 256 valence electrons. The van der Waals surface area contributed by atoms with Crippen LogP contribution in [0.1, 0.15) is 92.5 Å². The van der Waals surface area contributed by atoms with Gasteiger partial charge in [-0.2, -0.15) is 10.2 Å². The van der Waals surface area contributed by atoms with Crippen LogP contribution in [0.2, 0.25) is 0 Å². The van der Waals surface area contributed by atoms with Crippen molar-refractivity contribution in [1.29, 1.82) is 0 Å². The topological polar surface area (TPSA) is 131 Å². The van der Waals surface area contributed by atoms with Crippen molar-refractivity contribution in [2.24, 2.45) is 0 Å². The summed E-state index contributed by atoms with van der Waals surface area (Å²) in [4.78, 5) is 0. The summed E-state index contributed by atoms with van der Waals surface area (Å²) < 4.78 is 38.7. The highest BCUT2D eigenvalue weighted by molar-refractivity contribution is 6.63. The first-order chi connectivity index (χ1) is 21.3. The third kappa shape index (κ3) is 7.29. The van der Waals surface area contributed by atoms with E-state index in [-0.39, 0.29) is 22.4 Å². The van der Waals surface area contributed by atoms with Crippen molar-refractivity contribution in [3.8, 4) is 0 Å². The van der Waals surface area contributed by atoms with Crippen molar-refractivity contribution in [3.05, 3.63) is 23.8 Å². The molecule has 14 heteroatoms. The Hall–Kier alpha value is -1.77. The number of hydrogen-bond donors (Lipinski definition) is 2. The van der Waals surface area contributed by atoms with Crippen molar-refractivity contribution in [2.45, 2.75) is 142 Å². The van der Waals surface area contributed by atoms with Gasteiger partial charge in [-0.1, -0.05) is 0 Å². The number of aliphatic hydroxyl groups is 2. The number of nitrogens with zero attached hydrogens (tertiary/aromatic N) is 4. The molecular formula is C32H54B2N4O8. The van der Waals surface area contributed by atoms with Crippen LogP contribution < -0.4 is 10.9 Å². The summed E-state index contributed by atoms with van der Waals surface area (Å²) in [6.07, 6.45) is 6.27. The standard InChI is InChI=1S/2C16H27BN2O4/c1-12-13(17-22-14(2,3)15(4,5)23-17)10-19(18-12)11-16(20)6-8-21-9-7-16;1-12-13(17-22-14(2,3)15(4,5)23-17)10-18-19(12)11-16(20)6-8-21-9-7-16/h2*10,20H,6-9,11H2,1-5H3. The Morgan fingerprint density at radius 3 is 1.54 bits per heavy atom. The maximum atomic E-state index is 10.7. The molecule has 2 N–H and O–H groups in total. The first-order valence-electron chi connectivity index (χ1n) is 16.6. The Balaban J connectivity index is 0.000000181. The zero-order valence-electron chi connectivity index (χ0n) is 29.5. The maximum absolute atomic E-state index is 10.7. The van der Waals surface area contributed by atoms with Crippen LogP contribution >= 0.6 is 0 Å². The first kappa shape index (κ1) is 35.5. The second-order valence-corrected chi connectivity index (χ2v) is 15.6. The lowest BCUT2D eigenvalue weighted by molar-refractivity contribution is -0.0751. The molecule has 0 atom stereocenters. The van der Waals surface area contributed by atoms with Gasteiger partial charge in [0.2, 0.25) is 0 Å². The van der Waals surface area contributed by atoms with Crippen LogP contribution in [0.15, 0.2) is 12.4 Å². The monoisotopic (exact) mass is 644 g/mol. The fourth-order valence-electron chi connectivity index (χ4n) is 6.04. The van der Waals surface area contributed by atoms with E-state index in [1.165, 1.54) is 0 Å². The second kappa shape index (κ2) is 12.6. The molecule has 2 aromatic rings. The zero-order valence-corrected chi connectivity index (χ0v) is 29.5. The van der Waals surface area contributed by atoms with E-state index in [9.17, 15) is 10.2 Å². The molecule has 4 fully saturated rings. The lowest BCUT2D eigenvalue weighted by Gasteiger charge is -2.32. The quantitative estimate of drug-likeness (QED) is 0.451. The van der Waals surface area contributed by atoms with Crippen molar-refractivity contribution in [1.82, 2.24) is 19.6 Å². The minimum Gasteiger partial charge on any atom is -0.399 e. The van der Waals surface area contributed by atoms with E-state index in [1.807, 2.05) is 80.1 Å². The van der Waals surface area contributed by atoms with Crippen LogP contribution in [0.25, 0.3) is 0 Å². The van der Waals surface area contributed by atoms with Gasteiger partial charge in [-0.3, -0.25) is 9.36 Å². The molecule has 46 heavy (non-hydrogen) atoms. The number of rotatable bonds is 6. The molecule has 6 heterocycles. The third-order valence-corrected chi connectivity index (χ3v) is 10.9. The van der Waals surface area contributed by atoms with E-state index in [0.717, 1.165) is 22.3 Å². The first-order valence-corrected chi connectivity index (χ1v) is 16.6. The largest absolute Gasteiger partial charge is 0.498 e. The van der Waals surface area contributed by atoms with Crippen LogP contribution in [-0.4, -0.2) is 104 Å². The molecule has 6 rings (SSSR count). The van der Waals surface area contributed by atoms with Crippen LogP contribution in [0.3, 0.4) is 0 Å². The van der Waals surface area contributed by atoms with Crippen molar-refractivity contribution >= 4 is 25.2 Å². The highest BCUT2D eigenvalue weighted by atomic mass is 16.7. The summed E-state index contributed by atoms with van der Waals surface area (Å²) in [6.45, 7) is 23.6. The van der Waals surface area contributed by atoms with E-state index < -0.39 is 25.4 Å². The minimum atomic E-state index is -0.748. The highest BCUT2D eigenvalue weighted by Gasteiger charge is 2.54. The van der Waals surface area contributed by atoms with E-state index in [1.54, 1.807) is 10.9 Å². The van der Waals surface area contributed by atoms with Gasteiger partial charge in [-0.05, 0) is 69.2 Å². The normalized spacial score (nSPS) is 25.7. The average molecular weight is 644 g/mol. The summed E-state index contributed by atoms with van der Waals surface area (Å²) in [7, 11) is -0.837. The fourth-order valence-corrected chi connectivity index (χ4v) is 6.04. The lowest BCUT2D eigenvalue weighted by Crippen LogP contribution is -2.41. The SMILES string of the molecule is Cc1c(B2OC(C)(C)C(C)(C)O2)cnn1CC1(O)CCOCC1.Cc1nn(CC2(O)CCOCC2)cc1B1OC(C)(C)C(C)(C)O1. The predicted molar refractivity (Wildman–Crippen MR) is 175 cm³/mol. The third-order valence-electron chi connectivity index (χ3n) is 10.9. The Morgan fingerprint density at radius 2 is 1.09 bits per heavy atom. The number of ether oxygens (including phenoxy) is 2. The molecule has 4 saturated heterocycles. The summed E-state index contributed by atoms with van der Waals surface area (Å²) >= 11 is 0. The zero-order chi connectivity index (χ0) is 33.8. The van der Waals surface area contributed by atoms with Crippen LogP contribution in [0, 0.1) is 13.8 Å². The Morgan fingerprint density at radius 1 is 0.674 bits per heavy atom. The molecule has 4 aliphatic heterocycles. The summed E-state index contributed by atoms with van der Waals surface area (Å²) in [6, 6.07) is 0. The van der Waals surface area contributed by atoms with Crippen molar-refractivity contribution in [3.63, 3.8) is 0 Å². The molecule has 0 aromatic carbocycles. The van der Waals surface area contributed by atoms with Gasteiger partial charge in [0.1, 0.15) is 0 Å². The molecule has 0 radical (unpaired) electrons. The van der Waals surface area contributed by atoms with Gasteiger partial charge in [0.15, 0.2) is 0 Å². The van der Waals surface area contributed by atoms with Gasteiger partial charge in [-0.25, -0.2) is 0 Å². The predicted octanol–water partition coefficient (Wildman–Crippen LogP) is 2.06. The second-order valence-electron chi connectivity index (χ2n) is 15.6. The number of aromatic nitrogens is 4. The lowest BCUT2D eigenvalue weighted by atomic mass is 9.79. The molecule has 0 aliphatic carbocycles. The molecule has 0 saturated carbocycles. The Labute approximate surface area is 274 Å². The number of aryl methyl sites for hydroxylation is 1. The molecular weight excluding hydrogens is 590 g/mol. The van der Waals surface area contributed by atoms with E-state index in [4.69, 9.17) is 28.1 Å². The summed E-state index contributed by atoms with van der Waals surface area (Å²) in [5.74, 6) is 0.